The first-order valence-electron chi connectivity index (χ1n) is 6.73. The first-order chi connectivity index (χ1) is 9.49. The number of nitrogens with one attached hydrogen (secondary N) is 1. The van der Waals surface area contributed by atoms with Crippen molar-refractivity contribution < 1.29 is 13.6 Å². The monoisotopic (exact) mass is 283 g/mol. The largest absolute Gasteiger partial charge is 0.351 e. The van der Waals surface area contributed by atoms with E-state index in [0.717, 1.165) is 12.8 Å². The molecular formula is C14H19F2N3O. The van der Waals surface area contributed by atoms with E-state index in [4.69, 9.17) is 5.73 Å². The molecule has 0 radical (unpaired) electrons. The van der Waals surface area contributed by atoms with E-state index >= 15 is 0 Å². The standard InChI is InChI=1S/C14H19F2N3O/c1-9(13-11(15)3-2-4-12(13)16)18-10-5-7-19(8-6-10)14(17)20/h2-4,9-10,18H,5-8H2,1H3,(H2,17,20). The van der Waals surface area contributed by atoms with Crippen LogP contribution in [0.5, 0.6) is 0 Å². The average molecular weight is 283 g/mol. The summed E-state index contributed by atoms with van der Waals surface area (Å²) in [7, 11) is 0. The first kappa shape index (κ1) is 14.7. The van der Waals surface area contributed by atoms with Crippen LogP contribution >= 0.6 is 0 Å². The van der Waals surface area contributed by atoms with Crippen molar-refractivity contribution in [1.29, 1.82) is 0 Å². The summed E-state index contributed by atoms with van der Waals surface area (Å²) in [6, 6.07) is 3.16. The molecule has 1 heterocycles. The van der Waals surface area contributed by atoms with Crippen LogP contribution in [-0.2, 0) is 0 Å². The van der Waals surface area contributed by atoms with E-state index in [9.17, 15) is 13.6 Å². The highest BCUT2D eigenvalue weighted by Crippen LogP contribution is 2.22. The van der Waals surface area contributed by atoms with Crippen LogP contribution in [0.4, 0.5) is 13.6 Å². The minimum absolute atomic E-state index is 0.0600. The van der Waals surface area contributed by atoms with E-state index < -0.39 is 23.7 Å². The summed E-state index contributed by atoms with van der Waals surface area (Å²) in [6.45, 7) is 2.88. The highest BCUT2D eigenvalue weighted by molar-refractivity contribution is 5.72. The number of hydrogen-bond donors (Lipinski definition) is 2. The van der Waals surface area contributed by atoms with Gasteiger partial charge >= 0.3 is 6.03 Å². The Morgan fingerprint density at radius 1 is 1.35 bits per heavy atom. The van der Waals surface area contributed by atoms with Crippen LogP contribution in [0.25, 0.3) is 0 Å². The van der Waals surface area contributed by atoms with Gasteiger partial charge in [-0.2, -0.15) is 0 Å². The summed E-state index contributed by atoms with van der Waals surface area (Å²) in [4.78, 5) is 12.6. The Balaban J connectivity index is 1.96. The molecule has 0 aliphatic carbocycles. The number of nitrogens with zero attached hydrogens (tertiary/aromatic N) is 1. The molecular weight excluding hydrogens is 264 g/mol. The molecule has 1 aromatic rings. The topological polar surface area (TPSA) is 58.4 Å². The smallest absolute Gasteiger partial charge is 0.314 e. The number of halogens is 2. The van der Waals surface area contributed by atoms with Gasteiger partial charge in [0, 0.05) is 30.7 Å². The molecule has 3 N–H and O–H groups in total. The van der Waals surface area contributed by atoms with E-state index in [1.165, 1.54) is 18.2 Å². The SMILES string of the molecule is CC(NC1CCN(C(N)=O)CC1)c1c(F)cccc1F. The van der Waals surface area contributed by atoms with Gasteiger partial charge in [0.15, 0.2) is 0 Å². The van der Waals surface area contributed by atoms with Gasteiger partial charge < -0.3 is 16.0 Å². The van der Waals surface area contributed by atoms with Crippen LogP contribution in [0, 0.1) is 11.6 Å². The molecule has 1 aliphatic rings. The molecule has 1 aliphatic heterocycles. The predicted octanol–water partition coefficient (Wildman–Crippen LogP) is 2.16. The average Bonchev–Trinajstić information content (AvgIpc) is 2.39. The molecule has 4 nitrogen and oxygen atoms in total. The number of piperidine rings is 1. The lowest BCUT2D eigenvalue weighted by Gasteiger charge is -2.33. The van der Waals surface area contributed by atoms with Crippen molar-refractivity contribution >= 4 is 6.03 Å². The minimum Gasteiger partial charge on any atom is -0.351 e. The summed E-state index contributed by atoms with van der Waals surface area (Å²) in [5, 5.41) is 3.22. The lowest BCUT2D eigenvalue weighted by molar-refractivity contribution is 0.182. The van der Waals surface area contributed by atoms with E-state index in [1.807, 2.05) is 0 Å². The van der Waals surface area contributed by atoms with Gasteiger partial charge in [0.25, 0.3) is 0 Å². The van der Waals surface area contributed by atoms with Crippen molar-refractivity contribution in [3.05, 3.63) is 35.4 Å². The number of likely N-dealkylation sites (tertiary alicyclic amines) is 1. The maximum Gasteiger partial charge on any atom is 0.314 e. The van der Waals surface area contributed by atoms with Gasteiger partial charge in [-0.3, -0.25) is 0 Å². The van der Waals surface area contributed by atoms with Gasteiger partial charge in [0.2, 0.25) is 0 Å². The molecule has 1 fully saturated rings. The zero-order valence-electron chi connectivity index (χ0n) is 11.4. The quantitative estimate of drug-likeness (QED) is 0.893. The van der Waals surface area contributed by atoms with Crippen LogP contribution in [0.3, 0.4) is 0 Å². The van der Waals surface area contributed by atoms with Crippen molar-refractivity contribution in [3.8, 4) is 0 Å². The zero-order chi connectivity index (χ0) is 14.7. The van der Waals surface area contributed by atoms with Crippen LogP contribution in [0.1, 0.15) is 31.4 Å². The van der Waals surface area contributed by atoms with Crippen molar-refractivity contribution in [1.82, 2.24) is 10.2 Å². The van der Waals surface area contributed by atoms with Gasteiger partial charge in [-0.1, -0.05) is 6.07 Å². The van der Waals surface area contributed by atoms with Crippen molar-refractivity contribution in [2.24, 2.45) is 5.73 Å². The summed E-state index contributed by atoms with van der Waals surface area (Å²) in [5.41, 5.74) is 5.27. The van der Waals surface area contributed by atoms with Crippen LogP contribution in [-0.4, -0.2) is 30.1 Å². The minimum atomic E-state index is -0.542. The third-order valence-electron chi connectivity index (χ3n) is 3.73. The summed E-state index contributed by atoms with van der Waals surface area (Å²) in [6.07, 6.45) is 1.45. The zero-order valence-corrected chi connectivity index (χ0v) is 11.4. The van der Waals surface area contributed by atoms with E-state index in [1.54, 1.807) is 11.8 Å². The van der Waals surface area contributed by atoms with E-state index in [0.29, 0.717) is 13.1 Å². The normalized spacial score (nSPS) is 18.1. The Kier molecular flexibility index (Phi) is 4.54. The second-order valence-corrected chi connectivity index (χ2v) is 5.12. The lowest BCUT2D eigenvalue weighted by Crippen LogP contribution is -2.47. The van der Waals surface area contributed by atoms with Gasteiger partial charge in [0.05, 0.1) is 0 Å². The molecule has 0 bridgehead atoms. The van der Waals surface area contributed by atoms with Crippen LogP contribution in [0.15, 0.2) is 18.2 Å². The van der Waals surface area contributed by atoms with Gasteiger partial charge in [-0.05, 0) is 31.9 Å². The molecule has 0 aromatic heterocycles. The summed E-state index contributed by atoms with van der Waals surface area (Å²) in [5.74, 6) is -1.08. The molecule has 0 saturated carbocycles. The molecule has 1 atom stereocenters. The highest BCUT2D eigenvalue weighted by Gasteiger charge is 2.24. The fourth-order valence-corrected chi connectivity index (χ4v) is 2.63. The molecule has 1 unspecified atom stereocenters. The second kappa shape index (κ2) is 6.17. The molecule has 1 aromatic carbocycles. The summed E-state index contributed by atoms with van der Waals surface area (Å²) < 4.78 is 27.3. The lowest BCUT2D eigenvalue weighted by atomic mass is 10.0. The summed E-state index contributed by atoms with van der Waals surface area (Å²) >= 11 is 0. The van der Waals surface area contributed by atoms with Crippen LogP contribution < -0.4 is 11.1 Å². The predicted molar refractivity (Wildman–Crippen MR) is 72.1 cm³/mol. The van der Waals surface area contributed by atoms with Gasteiger partial charge in [-0.25, -0.2) is 13.6 Å². The van der Waals surface area contributed by atoms with Crippen molar-refractivity contribution in [2.75, 3.05) is 13.1 Å². The third-order valence-corrected chi connectivity index (χ3v) is 3.73. The highest BCUT2D eigenvalue weighted by atomic mass is 19.1. The fourth-order valence-electron chi connectivity index (χ4n) is 2.63. The Labute approximate surface area is 116 Å². The molecule has 0 spiro atoms. The molecule has 110 valence electrons. The molecule has 6 heteroatoms. The second-order valence-electron chi connectivity index (χ2n) is 5.12. The van der Waals surface area contributed by atoms with E-state index in [-0.39, 0.29) is 11.6 Å². The molecule has 2 rings (SSSR count). The van der Waals surface area contributed by atoms with Gasteiger partial charge in [-0.15, -0.1) is 0 Å². The number of amides is 2. The molecule has 1 saturated heterocycles. The number of primary amides is 1. The Morgan fingerprint density at radius 3 is 2.40 bits per heavy atom. The Hall–Kier alpha value is -1.69. The fraction of sp³-hybridized carbons (Fsp3) is 0.500. The maximum absolute atomic E-state index is 13.7. The third kappa shape index (κ3) is 3.25. The number of nitrogens with two attached hydrogens (primary N) is 1. The maximum atomic E-state index is 13.7. The number of carbonyl (C=O) groups excluding carboxylic acids is 1. The van der Waals surface area contributed by atoms with Gasteiger partial charge in [0.1, 0.15) is 11.6 Å². The molecule has 2 amide bonds. The number of benzene rings is 1. The van der Waals surface area contributed by atoms with E-state index in [2.05, 4.69) is 5.32 Å². The number of hydrogen-bond acceptors (Lipinski definition) is 2. The Morgan fingerprint density at radius 2 is 1.90 bits per heavy atom. The number of urea groups is 1. The number of rotatable bonds is 3. The van der Waals surface area contributed by atoms with Crippen molar-refractivity contribution in [3.63, 3.8) is 0 Å². The molecule has 20 heavy (non-hydrogen) atoms. The number of carbonyl (C=O) groups is 1. The Bertz CT molecular complexity index is 467. The van der Waals surface area contributed by atoms with Crippen LogP contribution in [0.2, 0.25) is 0 Å². The first-order valence-corrected chi connectivity index (χ1v) is 6.73. The van der Waals surface area contributed by atoms with Crippen molar-refractivity contribution in [2.45, 2.75) is 31.8 Å².